The number of esters is 1. The van der Waals surface area contributed by atoms with Crippen molar-refractivity contribution in [2.24, 2.45) is 5.92 Å². The van der Waals surface area contributed by atoms with E-state index in [9.17, 15) is 4.79 Å². The molecule has 0 saturated carbocycles. The summed E-state index contributed by atoms with van der Waals surface area (Å²) in [6.45, 7) is 9.84. The molecule has 1 aromatic rings. The maximum atomic E-state index is 12.4. The van der Waals surface area contributed by atoms with Crippen LogP contribution in [-0.4, -0.2) is 51.7 Å². The summed E-state index contributed by atoms with van der Waals surface area (Å²) < 4.78 is 35.4. The average molecular weight is 489 g/mol. The molecule has 0 bridgehead atoms. The number of rotatable bonds is 8. The highest BCUT2D eigenvalue weighted by Crippen LogP contribution is 2.51. The van der Waals surface area contributed by atoms with Gasteiger partial charge in [0.25, 0.3) is 0 Å². The van der Waals surface area contributed by atoms with E-state index in [1.807, 2.05) is 40.7 Å². The van der Waals surface area contributed by atoms with Gasteiger partial charge in [0.2, 0.25) is 0 Å². The molecular formula is C22H33BrO7. The minimum Gasteiger partial charge on any atom is -0.492 e. The van der Waals surface area contributed by atoms with Crippen molar-refractivity contribution < 1.29 is 33.2 Å². The number of ether oxygens (including phenoxy) is 6. The Morgan fingerprint density at radius 3 is 2.23 bits per heavy atom. The molecule has 4 atom stereocenters. The van der Waals surface area contributed by atoms with Crippen LogP contribution in [0.2, 0.25) is 0 Å². The average Bonchev–Trinajstić information content (AvgIpc) is 2.68. The molecule has 1 aliphatic rings. The Morgan fingerprint density at radius 1 is 1.10 bits per heavy atom. The third kappa shape index (κ3) is 5.39. The minimum atomic E-state index is -0.855. The summed E-state index contributed by atoms with van der Waals surface area (Å²) >= 11 is 3.62. The molecule has 1 fully saturated rings. The van der Waals surface area contributed by atoms with Crippen LogP contribution in [0.1, 0.15) is 52.7 Å². The third-order valence-electron chi connectivity index (χ3n) is 4.88. The lowest BCUT2D eigenvalue weighted by Gasteiger charge is -2.39. The van der Waals surface area contributed by atoms with Gasteiger partial charge in [-0.25, -0.2) is 4.79 Å². The van der Waals surface area contributed by atoms with E-state index < -0.39 is 24.3 Å². The topological polar surface area (TPSA) is 72.5 Å². The first-order valence-electron chi connectivity index (χ1n) is 10.1. The Morgan fingerprint density at radius 2 is 1.73 bits per heavy atom. The molecule has 1 aromatic carbocycles. The van der Waals surface area contributed by atoms with Crippen LogP contribution in [0, 0.1) is 5.92 Å². The van der Waals surface area contributed by atoms with Gasteiger partial charge in [-0.3, -0.25) is 0 Å². The summed E-state index contributed by atoms with van der Waals surface area (Å²) in [6, 6.07) is 1.84. The van der Waals surface area contributed by atoms with Crippen LogP contribution in [0.25, 0.3) is 0 Å². The summed E-state index contributed by atoms with van der Waals surface area (Å²) in [5.41, 5.74) is 0.701. The highest BCUT2D eigenvalue weighted by Gasteiger charge is 2.44. The fourth-order valence-electron chi connectivity index (χ4n) is 3.67. The zero-order valence-corrected chi connectivity index (χ0v) is 20.6. The molecule has 0 aromatic heterocycles. The second-order valence-corrected chi connectivity index (χ2v) is 8.81. The lowest BCUT2D eigenvalue weighted by molar-refractivity contribution is -0.190. The van der Waals surface area contributed by atoms with Gasteiger partial charge in [-0.1, -0.05) is 6.92 Å². The molecule has 30 heavy (non-hydrogen) atoms. The fourth-order valence-corrected chi connectivity index (χ4v) is 4.18. The molecule has 8 heteroatoms. The van der Waals surface area contributed by atoms with Crippen LogP contribution in [-0.2, 0) is 19.0 Å². The molecule has 170 valence electrons. The third-order valence-corrected chi connectivity index (χ3v) is 5.47. The van der Waals surface area contributed by atoms with Crippen molar-refractivity contribution in [3.05, 3.63) is 16.1 Å². The Hall–Kier alpha value is -1.51. The van der Waals surface area contributed by atoms with Crippen molar-refractivity contribution in [3.63, 3.8) is 0 Å². The molecule has 0 amide bonds. The Kier molecular flexibility index (Phi) is 8.82. The van der Waals surface area contributed by atoms with Crippen LogP contribution < -0.4 is 14.2 Å². The summed E-state index contributed by atoms with van der Waals surface area (Å²) in [5, 5.41) is 0. The highest BCUT2D eigenvalue weighted by molar-refractivity contribution is 9.10. The summed E-state index contributed by atoms with van der Waals surface area (Å²) in [6.07, 6.45) is -1.27. The predicted octanol–water partition coefficient (Wildman–Crippen LogP) is 4.69. The lowest BCUT2D eigenvalue weighted by atomic mass is 9.86. The SMILES string of the molecule is COC(=O)[C@H]1O[C@H](c2c(OC(C)C)c(Br)cc(OC(C)C)c2OC)[C@@H](C)C[C@@H]1OC. The molecule has 0 unspecified atom stereocenters. The molecule has 0 N–H and O–H groups in total. The highest BCUT2D eigenvalue weighted by atomic mass is 79.9. The van der Waals surface area contributed by atoms with Crippen molar-refractivity contribution in [1.29, 1.82) is 0 Å². The zero-order chi connectivity index (χ0) is 22.6. The Balaban J connectivity index is 2.65. The van der Waals surface area contributed by atoms with Gasteiger partial charge in [-0.15, -0.1) is 0 Å². The normalized spacial score (nSPS) is 24.1. The Bertz CT molecular complexity index is 735. The first-order valence-corrected chi connectivity index (χ1v) is 10.9. The van der Waals surface area contributed by atoms with Gasteiger partial charge in [-0.2, -0.15) is 0 Å². The number of hydrogen-bond acceptors (Lipinski definition) is 7. The first kappa shape index (κ1) is 24.8. The van der Waals surface area contributed by atoms with E-state index in [4.69, 9.17) is 28.4 Å². The summed E-state index contributed by atoms with van der Waals surface area (Å²) in [7, 11) is 4.49. The molecular weight excluding hydrogens is 456 g/mol. The molecule has 1 heterocycles. The van der Waals surface area contributed by atoms with Gasteiger partial charge in [0.15, 0.2) is 17.6 Å². The monoisotopic (exact) mass is 488 g/mol. The number of hydrogen-bond donors (Lipinski definition) is 0. The minimum absolute atomic E-state index is 0.0143. The lowest BCUT2D eigenvalue weighted by Crippen LogP contribution is -2.46. The largest absolute Gasteiger partial charge is 0.492 e. The second-order valence-electron chi connectivity index (χ2n) is 7.95. The predicted molar refractivity (Wildman–Crippen MR) is 116 cm³/mol. The number of benzene rings is 1. The van der Waals surface area contributed by atoms with E-state index in [-0.39, 0.29) is 18.1 Å². The van der Waals surface area contributed by atoms with Crippen molar-refractivity contribution in [2.75, 3.05) is 21.3 Å². The number of halogens is 1. The van der Waals surface area contributed by atoms with E-state index >= 15 is 0 Å². The number of methoxy groups -OCH3 is 3. The zero-order valence-electron chi connectivity index (χ0n) is 19.0. The molecule has 0 radical (unpaired) electrons. The molecule has 7 nitrogen and oxygen atoms in total. The number of carbonyl (C=O) groups is 1. The van der Waals surface area contributed by atoms with Crippen molar-refractivity contribution in [1.82, 2.24) is 0 Å². The standard InChI is InChI=1S/C22H33BrO7/c1-11(2)28-16-10-14(23)19(29-12(3)4)17(20(16)26-7)18-13(5)9-15(25-6)21(30-18)22(24)27-8/h10-13,15,18,21H,9H2,1-8H3/t13-,15-,18-,21-/m0/s1. The van der Waals surface area contributed by atoms with Gasteiger partial charge in [0.05, 0.1) is 48.7 Å². The van der Waals surface area contributed by atoms with Gasteiger partial charge < -0.3 is 28.4 Å². The van der Waals surface area contributed by atoms with Gasteiger partial charge in [0, 0.05) is 13.2 Å². The van der Waals surface area contributed by atoms with Crippen LogP contribution in [0.5, 0.6) is 17.2 Å². The Labute approximate surface area is 187 Å². The van der Waals surface area contributed by atoms with Crippen LogP contribution >= 0.6 is 15.9 Å². The molecule has 2 rings (SSSR count). The molecule has 1 saturated heterocycles. The quantitative estimate of drug-likeness (QED) is 0.491. The van der Waals surface area contributed by atoms with E-state index in [0.29, 0.717) is 29.2 Å². The van der Waals surface area contributed by atoms with Crippen LogP contribution in [0.4, 0.5) is 0 Å². The van der Waals surface area contributed by atoms with Gasteiger partial charge in [-0.05, 0) is 56.0 Å². The molecule has 1 aliphatic heterocycles. The maximum absolute atomic E-state index is 12.4. The number of carbonyl (C=O) groups excluding carboxylic acids is 1. The summed E-state index contributed by atoms with van der Waals surface area (Å²) in [4.78, 5) is 12.4. The van der Waals surface area contributed by atoms with Crippen molar-refractivity contribution in [2.45, 2.75) is 71.6 Å². The van der Waals surface area contributed by atoms with Crippen LogP contribution in [0.3, 0.4) is 0 Å². The van der Waals surface area contributed by atoms with E-state index in [1.165, 1.54) is 7.11 Å². The fraction of sp³-hybridized carbons (Fsp3) is 0.682. The van der Waals surface area contributed by atoms with E-state index in [1.54, 1.807) is 14.2 Å². The van der Waals surface area contributed by atoms with Crippen molar-refractivity contribution in [3.8, 4) is 17.2 Å². The second kappa shape index (κ2) is 10.7. The van der Waals surface area contributed by atoms with E-state index in [0.717, 1.165) is 4.47 Å². The van der Waals surface area contributed by atoms with Crippen LogP contribution in [0.15, 0.2) is 10.5 Å². The maximum Gasteiger partial charge on any atom is 0.337 e. The van der Waals surface area contributed by atoms with Gasteiger partial charge in [0.1, 0.15) is 5.75 Å². The van der Waals surface area contributed by atoms with Crippen molar-refractivity contribution >= 4 is 21.9 Å². The van der Waals surface area contributed by atoms with E-state index in [2.05, 4.69) is 15.9 Å². The smallest absolute Gasteiger partial charge is 0.337 e. The van der Waals surface area contributed by atoms with Gasteiger partial charge >= 0.3 is 5.97 Å². The first-order chi connectivity index (χ1) is 14.1. The summed E-state index contributed by atoms with van der Waals surface area (Å²) in [5.74, 6) is 1.25. The molecule has 0 aliphatic carbocycles. The molecule has 0 spiro atoms.